The van der Waals surface area contributed by atoms with Crippen LogP contribution in [-0.4, -0.2) is 13.1 Å². The Morgan fingerprint density at radius 2 is 2.20 bits per heavy atom. The second-order valence-corrected chi connectivity index (χ2v) is 3.13. The summed E-state index contributed by atoms with van der Waals surface area (Å²) in [5, 5.41) is 9.17. The summed E-state index contributed by atoms with van der Waals surface area (Å²) in [5.41, 5.74) is 0.162. The van der Waals surface area contributed by atoms with Crippen molar-refractivity contribution in [3.63, 3.8) is 0 Å². The highest BCUT2D eigenvalue weighted by Crippen LogP contribution is 2.34. The van der Waals surface area contributed by atoms with E-state index in [1.165, 1.54) is 26.2 Å². The van der Waals surface area contributed by atoms with E-state index in [0.29, 0.717) is 5.02 Å². The van der Waals surface area contributed by atoms with Gasteiger partial charge in [0.05, 0.1) is 7.11 Å². The molecular formula is C10H8ClNO3. The van der Waals surface area contributed by atoms with Gasteiger partial charge in [-0.15, -0.1) is 0 Å². The van der Waals surface area contributed by atoms with Gasteiger partial charge < -0.3 is 9.47 Å². The van der Waals surface area contributed by atoms with Gasteiger partial charge in [-0.25, -0.2) is 0 Å². The van der Waals surface area contributed by atoms with E-state index in [0.717, 1.165) is 0 Å². The Hall–Kier alpha value is -1.73. The number of carbonyl (C=O) groups is 1. The third kappa shape index (κ3) is 2.61. The summed E-state index contributed by atoms with van der Waals surface area (Å²) in [6.07, 6.45) is 0. The van der Waals surface area contributed by atoms with Gasteiger partial charge in [0, 0.05) is 18.0 Å². The number of nitriles is 1. The Bertz CT molecular complexity index is 437. The van der Waals surface area contributed by atoms with Crippen LogP contribution in [0.3, 0.4) is 0 Å². The topological polar surface area (TPSA) is 59.3 Å². The molecule has 0 saturated carbocycles. The fourth-order valence-corrected chi connectivity index (χ4v) is 1.26. The molecule has 0 radical (unpaired) electrons. The van der Waals surface area contributed by atoms with Crippen LogP contribution in [0.1, 0.15) is 12.5 Å². The second-order valence-electron chi connectivity index (χ2n) is 2.69. The number of rotatable bonds is 2. The first-order valence-corrected chi connectivity index (χ1v) is 4.42. The minimum atomic E-state index is -0.521. The average Bonchev–Trinajstić information content (AvgIpc) is 2.19. The monoisotopic (exact) mass is 225 g/mol. The quantitative estimate of drug-likeness (QED) is 0.572. The Morgan fingerprint density at radius 3 is 2.67 bits per heavy atom. The molecule has 0 saturated heterocycles. The summed E-state index contributed by atoms with van der Waals surface area (Å²) < 4.78 is 9.82. The number of methoxy groups -OCH3 is 1. The number of carbonyl (C=O) groups excluding carboxylic acids is 1. The van der Waals surface area contributed by atoms with Crippen molar-refractivity contribution >= 4 is 17.6 Å². The first-order valence-electron chi connectivity index (χ1n) is 4.04. The normalized spacial score (nSPS) is 9.20. The number of nitrogens with zero attached hydrogens (tertiary/aromatic N) is 1. The molecule has 0 N–H and O–H groups in total. The standard InChI is InChI=1S/C10H8ClNO3/c1-6(13)15-10-7(5-12)3-8(11)4-9(10)14-2/h3-4H,1-2H3. The van der Waals surface area contributed by atoms with Gasteiger partial charge in [-0.1, -0.05) is 11.6 Å². The van der Waals surface area contributed by atoms with Crippen molar-refractivity contribution in [2.24, 2.45) is 0 Å². The first kappa shape index (κ1) is 11.3. The van der Waals surface area contributed by atoms with Crippen LogP contribution in [0.15, 0.2) is 12.1 Å². The van der Waals surface area contributed by atoms with Crippen molar-refractivity contribution in [2.75, 3.05) is 7.11 Å². The van der Waals surface area contributed by atoms with Crippen LogP contribution in [0.4, 0.5) is 0 Å². The molecule has 0 aliphatic heterocycles. The Labute approximate surface area is 92.0 Å². The Morgan fingerprint density at radius 1 is 1.53 bits per heavy atom. The predicted octanol–water partition coefficient (Wildman–Crippen LogP) is 2.15. The number of halogens is 1. The van der Waals surface area contributed by atoms with Gasteiger partial charge in [-0.05, 0) is 6.07 Å². The van der Waals surface area contributed by atoms with Gasteiger partial charge in [-0.2, -0.15) is 5.26 Å². The molecule has 5 heteroatoms. The van der Waals surface area contributed by atoms with Crippen LogP contribution < -0.4 is 9.47 Å². The average molecular weight is 226 g/mol. The maximum atomic E-state index is 10.8. The number of esters is 1. The van der Waals surface area contributed by atoms with Crippen molar-refractivity contribution in [2.45, 2.75) is 6.92 Å². The van der Waals surface area contributed by atoms with E-state index >= 15 is 0 Å². The summed E-state index contributed by atoms with van der Waals surface area (Å²) >= 11 is 5.74. The number of ether oxygens (including phenoxy) is 2. The molecule has 0 amide bonds. The highest BCUT2D eigenvalue weighted by molar-refractivity contribution is 6.30. The van der Waals surface area contributed by atoms with Crippen molar-refractivity contribution in [3.05, 3.63) is 22.7 Å². The maximum Gasteiger partial charge on any atom is 0.308 e. The summed E-state index contributed by atoms with van der Waals surface area (Å²) in [5.74, 6) is -0.168. The van der Waals surface area contributed by atoms with Crippen LogP contribution in [0.25, 0.3) is 0 Å². The highest BCUT2D eigenvalue weighted by atomic mass is 35.5. The maximum absolute atomic E-state index is 10.8. The van der Waals surface area contributed by atoms with Crippen LogP contribution in [0, 0.1) is 11.3 Å². The Balaban J connectivity index is 3.31. The van der Waals surface area contributed by atoms with E-state index in [-0.39, 0.29) is 17.1 Å². The summed E-state index contributed by atoms with van der Waals surface area (Å²) in [4.78, 5) is 10.8. The largest absolute Gasteiger partial charge is 0.493 e. The van der Waals surface area contributed by atoms with Crippen molar-refractivity contribution in [1.82, 2.24) is 0 Å². The van der Waals surface area contributed by atoms with E-state index < -0.39 is 5.97 Å². The van der Waals surface area contributed by atoms with Crippen LogP contribution >= 0.6 is 11.6 Å². The van der Waals surface area contributed by atoms with Gasteiger partial charge in [0.2, 0.25) is 0 Å². The molecule has 15 heavy (non-hydrogen) atoms. The molecule has 0 aliphatic carbocycles. The second kappa shape index (κ2) is 4.67. The zero-order chi connectivity index (χ0) is 11.4. The third-order valence-electron chi connectivity index (χ3n) is 1.61. The molecule has 0 fully saturated rings. The smallest absolute Gasteiger partial charge is 0.308 e. The molecule has 0 heterocycles. The predicted molar refractivity (Wildman–Crippen MR) is 54.0 cm³/mol. The zero-order valence-corrected chi connectivity index (χ0v) is 8.96. The van der Waals surface area contributed by atoms with Gasteiger partial charge in [0.25, 0.3) is 0 Å². The van der Waals surface area contributed by atoms with Gasteiger partial charge in [0.15, 0.2) is 11.5 Å². The van der Waals surface area contributed by atoms with Crippen LogP contribution in [0.2, 0.25) is 5.02 Å². The Kier molecular flexibility index (Phi) is 3.53. The van der Waals surface area contributed by atoms with Crippen LogP contribution in [-0.2, 0) is 4.79 Å². The van der Waals surface area contributed by atoms with E-state index in [9.17, 15) is 4.79 Å². The summed E-state index contributed by atoms with van der Waals surface area (Å²) in [7, 11) is 1.40. The van der Waals surface area contributed by atoms with Gasteiger partial charge in [-0.3, -0.25) is 4.79 Å². The lowest BCUT2D eigenvalue weighted by molar-refractivity contribution is -0.132. The lowest BCUT2D eigenvalue weighted by atomic mass is 10.2. The molecule has 1 aromatic rings. The molecule has 0 aliphatic rings. The minimum Gasteiger partial charge on any atom is -0.493 e. The van der Waals surface area contributed by atoms with Crippen molar-refractivity contribution < 1.29 is 14.3 Å². The van der Waals surface area contributed by atoms with E-state index in [1.54, 1.807) is 0 Å². The molecule has 0 atom stereocenters. The van der Waals surface area contributed by atoms with E-state index in [4.69, 9.17) is 26.3 Å². The van der Waals surface area contributed by atoms with Crippen molar-refractivity contribution in [1.29, 1.82) is 5.26 Å². The van der Waals surface area contributed by atoms with E-state index in [1.807, 2.05) is 6.07 Å². The zero-order valence-electron chi connectivity index (χ0n) is 8.20. The van der Waals surface area contributed by atoms with Gasteiger partial charge >= 0.3 is 5.97 Å². The fraction of sp³-hybridized carbons (Fsp3) is 0.200. The molecule has 0 spiro atoms. The molecule has 0 bridgehead atoms. The minimum absolute atomic E-state index is 0.0944. The molecular weight excluding hydrogens is 218 g/mol. The lowest BCUT2D eigenvalue weighted by Gasteiger charge is -2.09. The van der Waals surface area contributed by atoms with Crippen LogP contribution in [0.5, 0.6) is 11.5 Å². The molecule has 1 rings (SSSR count). The number of hydrogen-bond acceptors (Lipinski definition) is 4. The molecule has 78 valence electrons. The van der Waals surface area contributed by atoms with Gasteiger partial charge in [0.1, 0.15) is 11.6 Å². The summed E-state index contributed by atoms with van der Waals surface area (Å²) in [6.45, 7) is 1.25. The fourth-order valence-electron chi connectivity index (χ4n) is 1.05. The molecule has 0 aromatic heterocycles. The molecule has 0 unspecified atom stereocenters. The first-order chi connectivity index (χ1) is 7.08. The third-order valence-corrected chi connectivity index (χ3v) is 1.82. The lowest BCUT2D eigenvalue weighted by Crippen LogP contribution is -2.04. The number of benzene rings is 1. The summed E-state index contributed by atoms with van der Waals surface area (Å²) in [6, 6.07) is 4.75. The highest BCUT2D eigenvalue weighted by Gasteiger charge is 2.14. The SMILES string of the molecule is COc1cc(Cl)cc(C#N)c1OC(C)=O. The molecule has 1 aromatic carbocycles. The number of hydrogen-bond donors (Lipinski definition) is 0. The van der Waals surface area contributed by atoms with Crippen molar-refractivity contribution in [3.8, 4) is 17.6 Å². The molecule has 4 nitrogen and oxygen atoms in total. The van der Waals surface area contributed by atoms with E-state index in [2.05, 4.69) is 0 Å².